The highest BCUT2D eigenvalue weighted by Gasteiger charge is 2.22. The third-order valence-electron chi connectivity index (χ3n) is 3.46. The Hall–Kier alpha value is -2.15. The summed E-state index contributed by atoms with van der Waals surface area (Å²) in [4.78, 5) is 26.0. The van der Waals surface area contributed by atoms with E-state index >= 15 is 0 Å². The van der Waals surface area contributed by atoms with E-state index in [-0.39, 0.29) is 17.9 Å². The van der Waals surface area contributed by atoms with Crippen molar-refractivity contribution in [2.24, 2.45) is 0 Å². The molecule has 2 rings (SSSR count). The van der Waals surface area contributed by atoms with Crippen molar-refractivity contribution in [1.29, 1.82) is 0 Å². The van der Waals surface area contributed by atoms with Crippen molar-refractivity contribution in [3.63, 3.8) is 0 Å². The summed E-state index contributed by atoms with van der Waals surface area (Å²) in [5, 5.41) is 0. The molecule has 1 amide bonds. The third kappa shape index (κ3) is 4.67. The zero-order valence-corrected chi connectivity index (χ0v) is 15.5. The molecule has 0 N–H and O–H groups in total. The maximum absolute atomic E-state index is 12.9. The summed E-state index contributed by atoms with van der Waals surface area (Å²) in [7, 11) is 1.29. The topological polar surface area (TPSA) is 46.6 Å². The molecule has 0 radical (unpaired) electrons. The van der Waals surface area contributed by atoms with Gasteiger partial charge in [0, 0.05) is 9.14 Å². The predicted octanol–water partition coefficient (Wildman–Crippen LogP) is 3.94. The van der Waals surface area contributed by atoms with Crippen LogP contribution in [-0.4, -0.2) is 19.0 Å². The molecule has 0 unspecified atom stereocenters. The van der Waals surface area contributed by atoms with Gasteiger partial charge in [0.2, 0.25) is 0 Å². The maximum Gasteiger partial charge on any atom is 0.310 e. The average molecular weight is 435 g/mol. The number of benzene rings is 2. The van der Waals surface area contributed by atoms with Gasteiger partial charge in [-0.1, -0.05) is 49.0 Å². The lowest BCUT2D eigenvalue weighted by Gasteiger charge is -2.25. The lowest BCUT2D eigenvalue weighted by molar-refractivity contribution is -0.140. The van der Waals surface area contributed by atoms with Crippen molar-refractivity contribution in [2.45, 2.75) is 13.0 Å². The summed E-state index contributed by atoms with van der Waals surface area (Å²) in [6.07, 6.45) is -0.121. The second-order valence-electron chi connectivity index (χ2n) is 5.18. The van der Waals surface area contributed by atoms with Crippen LogP contribution in [0.3, 0.4) is 0 Å². The SMILES string of the molecule is C=C(CC(=O)OC)C(=O)N(Cc1ccccc1)c1ccccc1I. The molecule has 0 atom stereocenters. The number of para-hydroxylation sites is 1. The molecule has 0 fully saturated rings. The number of halogens is 1. The first-order valence-corrected chi connectivity index (χ1v) is 8.45. The van der Waals surface area contributed by atoms with Crippen molar-refractivity contribution >= 4 is 40.2 Å². The number of rotatable bonds is 6. The van der Waals surface area contributed by atoms with Crippen molar-refractivity contribution in [3.05, 3.63) is 75.9 Å². The average Bonchev–Trinajstić information content (AvgIpc) is 2.60. The largest absolute Gasteiger partial charge is 0.469 e. The number of nitrogens with zero attached hydrogens (tertiary/aromatic N) is 1. The quantitative estimate of drug-likeness (QED) is 0.392. The van der Waals surface area contributed by atoms with Gasteiger partial charge < -0.3 is 9.64 Å². The van der Waals surface area contributed by atoms with E-state index in [1.807, 2.05) is 54.6 Å². The van der Waals surface area contributed by atoms with Crippen LogP contribution in [0.1, 0.15) is 12.0 Å². The number of methoxy groups -OCH3 is 1. The molecule has 5 heteroatoms. The van der Waals surface area contributed by atoms with Gasteiger partial charge in [0.05, 0.1) is 25.8 Å². The molecule has 0 aromatic heterocycles. The van der Waals surface area contributed by atoms with Crippen LogP contribution in [0.5, 0.6) is 0 Å². The van der Waals surface area contributed by atoms with Gasteiger partial charge in [-0.2, -0.15) is 0 Å². The molecule has 0 aliphatic carbocycles. The molecule has 4 nitrogen and oxygen atoms in total. The number of esters is 1. The highest BCUT2D eigenvalue weighted by molar-refractivity contribution is 14.1. The van der Waals surface area contributed by atoms with Gasteiger partial charge in [-0.3, -0.25) is 9.59 Å². The zero-order valence-electron chi connectivity index (χ0n) is 13.4. The summed E-state index contributed by atoms with van der Waals surface area (Å²) in [6, 6.07) is 17.3. The van der Waals surface area contributed by atoms with Gasteiger partial charge in [-0.15, -0.1) is 0 Å². The van der Waals surface area contributed by atoms with Crippen LogP contribution in [0, 0.1) is 3.57 Å². The Morgan fingerprint density at radius 1 is 1.08 bits per heavy atom. The molecule has 0 heterocycles. The minimum Gasteiger partial charge on any atom is -0.469 e. The summed E-state index contributed by atoms with van der Waals surface area (Å²) < 4.78 is 5.58. The fourth-order valence-electron chi connectivity index (χ4n) is 2.22. The number of hydrogen-bond acceptors (Lipinski definition) is 3. The van der Waals surface area contributed by atoms with E-state index < -0.39 is 5.97 Å². The minimum atomic E-state index is -0.476. The first kappa shape index (κ1) is 18.2. The smallest absolute Gasteiger partial charge is 0.310 e. The lowest BCUT2D eigenvalue weighted by Crippen LogP contribution is -2.32. The van der Waals surface area contributed by atoms with E-state index in [0.29, 0.717) is 6.54 Å². The van der Waals surface area contributed by atoms with Crippen LogP contribution < -0.4 is 4.90 Å². The number of anilines is 1. The first-order chi connectivity index (χ1) is 11.5. The van der Waals surface area contributed by atoms with E-state index in [0.717, 1.165) is 14.8 Å². The van der Waals surface area contributed by atoms with Crippen LogP contribution >= 0.6 is 22.6 Å². The Morgan fingerprint density at radius 3 is 2.33 bits per heavy atom. The van der Waals surface area contributed by atoms with E-state index in [9.17, 15) is 9.59 Å². The van der Waals surface area contributed by atoms with Crippen molar-refractivity contribution < 1.29 is 14.3 Å². The molecular weight excluding hydrogens is 417 g/mol. The first-order valence-electron chi connectivity index (χ1n) is 7.38. The Morgan fingerprint density at radius 2 is 1.71 bits per heavy atom. The van der Waals surface area contributed by atoms with Gasteiger partial charge in [0.15, 0.2) is 0 Å². The van der Waals surface area contributed by atoms with Crippen LogP contribution in [0.2, 0.25) is 0 Å². The molecule has 0 aliphatic heterocycles. The van der Waals surface area contributed by atoms with Gasteiger partial charge in [0.1, 0.15) is 0 Å². The van der Waals surface area contributed by atoms with E-state index in [1.54, 1.807) is 4.90 Å². The number of amides is 1. The summed E-state index contributed by atoms with van der Waals surface area (Å²) >= 11 is 2.19. The normalized spacial score (nSPS) is 10.1. The van der Waals surface area contributed by atoms with Gasteiger partial charge in [-0.25, -0.2) is 0 Å². The fraction of sp³-hybridized carbons (Fsp3) is 0.158. The molecular formula is C19H18INO3. The van der Waals surface area contributed by atoms with E-state index in [1.165, 1.54) is 7.11 Å². The highest BCUT2D eigenvalue weighted by atomic mass is 127. The second-order valence-corrected chi connectivity index (χ2v) is 6.35. The summed E-state index contributed by atoms with van der Waals surface area (Å²) in [5.41, 5.74) is 1.99. The monoisotopic (exact) mass is 435 g/mol. The Kier molecular flexibility index (Phi) is 6.54. The molecule has 0 spiro atoms. The molecule has 24 heavy (non-hydrogen) atoms. The fourth-order valence-corrected chi connectivity index (χ4v) is 2.89. The highest BCUT2D eigenvalue weighted by Crippen LogP contribution is 2.26. The van der Waals surface area contributed by atoms with E-state index in [4.69, 9.17) is 0 Å². The molecule has 124 valence electrons. The van der Waals surface area contributed by atoms with Crippen LogP contribution in [-0.2, 0) is 20.9 Å². The second kappa shape index (κ2) is 8.63. The number of carbonyl (C=O) groups excluding carboxylic acids is 2. The van der Waals surface area contributed by atoms with Crippen LogP contribution in [0.25, 0.3) is 0 Å². The standard InChI is InChI=1S/C19H18INO3/c1-14(12-18(22)24-2)19(23)21(13-15-8-4-3-5-9-15)17-11-7-6-10-16(17)20/h3-11H,1,12-13H2,2H3. The maximum atomic E-state index is 12.9. The Balaban J connectivity index is 2.32. The van der Waals surface area contributed by atoms with Crippen LogP contribution in [0.4, 0.5) is 5.69 Å². The molecule has 0 bridgehead atoms. The molecule has 0 aliphatic rings. The number of carbonyl (C=O) groups is 2. The van der Waals surface area contributed by atoms with Crippen molar-refractivity contribution in [3.8, 4) is 0 Å². The number of hydrogen-bond donors (Lipinski definition) is 0. The zero-order chi connectivity index (χ0) is 17.5. The number of ether oxygens (including phenoxy) is 1. The molecule has 2 aromatic carbocycles. The lowest BCUT2D eigenvalue weighted by atomic mass is 10.1. The molecule has 0 saturated carbocycles. The van der Waals surface area contributed by atoms with Gasteiger partial charge in [0.25, 0.3) is 5.91 Å². The predicted molar refractivity (Wildman–Crippen MR) is 103 cm³/mol. The molecule has 2 aromatic rings. The Labute approximate surface area is 155 Å². The Bertz CT molecular complexity index is 743. The third-order valence-corrected chi connectivity index (χ3v) is 4.37. The van der Waals surface area contributed by atoms with Crippen molar-refractivity contribution in [2.75, 3.05) is 12.0 Å². The van der Waals surface area contributed by atoms with Crippen molar-refractivity contribution in [1.82, 2.24) is 0 Å². The summed E-state index contributed by atoms with van der Waals surface area (Å²) in [6.45, 7) is 4.17. The molecule has 0 saturated heterocycles. The van der Waals surface area contributed by atoms with Crippen LogP contribution in [0.15, 0.2) is 66.7 Å². The van der Waals surface area contributed by atoms with Gasteiger partial charge >= 0.3 is 5.97 Å². The van der Waals surface area contributed by atoms with Gasteiger partial charge in [-0.05, 0) is 40.3 Å². The summed E-state index contributed by atoms with van der Waals surface area (Å²) in [5.74, 6) is -0.760. The van der Waals surface area contributed by atoms with E-state index in [2.05, 4.69) is 33.9 Å². The minimum absolute atomic E-state index is 0.121.